The molecule has 0 saturated carbocycles. The lowest BCUT2D eigenvalue weighted by Crippen LogP contribution is -2.34. The predicted molar refractivity (Wildman–Crippen MR) is 135 cm³/mol. The fourth-order valence-corrected chi connectivity index (χ4v) is 6.11. The Morgan fingerprint density at radius 1 is 0.848 bits per heavy atom. The molecule has 1 aliphatic rings. The predicted octanol–water partition coefficient (Wildman–Crippen LogP) is 7.06. The standard InChI is InChI=1S/C22H16Cl5N3O2S/c23-13-3-1-12(2-4-13)19-11-20(29-28-19)22(16-7-5-14(24)9-17(16)26)30-33(31,32)21-8-6-15(25)10-18(21)27/h1-10,19,22,28,30H,11H2. The van der Waals surface area contributed by atoms with Gasteiger partial charge < -0.3 is 5.43 Å². The molecule has 4 rings (SSSR count). The molecule has 0 fully saturated rings. The van der Waals surface area contributed by atoms with Crippen LogP contribution in [0.2, 0.25) is 25.1 Å². The first-order chi connectivity index (χ1) is 15.6. The fraction of sp³-hybridized carbons (Fsp3) is 0.136. The summed E-state index contributed by atoms with van der Waals surface area (Å²) in [6, 6.07) is 15.4. The van der Waals surface area contributed by atoms with Crippen molar-refractivity contribution in [3.05, 3.63) is 96.9 Å². The van der Waals surface area contributed by atoms with Crippen molar-refractivity contribution in [2.45, 2.75) is 23.4 Å². The van der Waals surface area contributed by atoms with Crippen LogP contribution in [-0.2, 0) is 10.0 Å². The third-order valence-corrected chi connectivity index (χ3v) is 8.07. The van der Waals surface area contributed by atoms with Crippen molar-refractivity contribution < 1.29 is 8.42 Å². The summed E-state index contributed by atoms with van der Waals surface area (Å²) in [7, 11) is -4.07. The van der Waals surface area contributed by atoms with Crippen LogP contribution in [0.4, 0.5) is 0 Å². The highest BCUT2D eigenvalue weighted by molar-refractivity contribution is 7.89. The SMILES string of the molecule is O=S(=O)(NC(C1=NNC(c2ccc(Cl)cc2)C1)c1ccc(Cl)cc1Cl)c1ccc(Cl)cc1Cl. The average molecular weight is 564 g/mol. The Labute approximate surface area is 216 Å². The molecule has 0 radical (unpaired) electrons. The van der Waals surface area contributed by atoms with Crippen molar-refractivity contribution in [2.75, 3.05) is 0 Å². The monoisotopic (exact) mass is 561 g/mol. The average Bonchev–Trinajstić information content (AvgIpc) is 3.23. The Hall–Kier alpha value is -1.51. The molecule has 0 saturated heterocycles. The summed E-state index contributed by atoms with van der Waals surface area (Å²) in [6.07, 6.45) is 0.433. The van der Waals surface area contributed by atoms with Crippen LogP contribution < -0.4 is 10.1 Å². The van der Waals surface area contributed by atoms with Crippen LogP contribution in [0.1, 0.15) is 29.6 Å². The molecular formula is C22H16Cl5N3O2S. The number of halogens is 5. The number of benzene rings is 3. The zero-order chi connectivity index (χ0) is 23.8. The molecule has 2 N–H and O–H groups in total. The Kier molecular flexibility index (Phi) is 7.46. The third-order valence-electron chi connectivity index (χ3n) is 5.11. The van der Waals surface area contributed by atoms with Gasteiger partial charge in [-0.2, -0.15) is 9.82 Å². The molecule has 2 atom stereocenters. The minimum atomic E-state index is -4.07. The normalized spacial score (nSPS) is 16.9. The van der Waals surface area contributed by atoms with Crippen molar-refractivity contribution in [2.24, 2.45) is 5.10 Å². The number of rotatable bonds is 6. The Bertz CT molecular complexity index is 1330. The lowest BCUT2D eigenvalue weighted by molar-refractivity contribution is 0.576. The Morgan fingerprint density at radius 3 is 2.09 bits per heavy atom. The van der Waals surface area contributed by atoms with Gasteiger partial charge in [-0.15, -0.1) is 0 Å². The van der Waals surface area contributed by atoms with Crippen LogP contribution in [0.3, 0.4) is 0 Å². The number of nitrogens with one attached hydrogen (secondary N) is 2. The van der Waals surface area contributed by atoms with E-state index in [4.69, 9.17) is 58.0 Å². The maximum absolute atomic E-state index is 13.3. The summed E-state index contributed by atoms with van der Waals surface area (Å²) in [5.41, 5.74) is 5.08. The first kappa shape index (κ1) is 24.6. The summed E-state index contributed by atoms with van der Waals surface area (Å²) in [5, 5.41) is 6.11. The molecule has 2 unspecified atom stereocenters. The van der Waals surface area contributed by atoms with Gasteiger partial charge in [0.1, 0.15) is 4.90 Å². The second kappa shape index (κ2) is 10.0. The van der Waals surface area contributed by atoms with Crippen LogP contribution in [0.25, 0.3) is 0 Å². The molecule has 0 spiro atoms. The van der Waals surface area contributed by atoms with Gasteiger partial charge in [-0.3, -0.25) is 0 Å². The van der Waals surface area contributed by atoms with Gasteiger partial charge in [0, 0.05) is 26.5 Å². The van der Waals surface area contributed by atoms with Crippen LogP contribution in [0, 0.1) is 0 Å². The molecule has 3 aromatic rings. The number of hydrazone groups is 1. The van der Waals surface area contributed by atoms with E-state index in [1.807, 2.05) is 12.1 Å². The summed E-state index contributed by atoms with van der Waals surface area (Å²) < 4.78 is 29.2. The smallest absolute Gasteiger partial charge is 0.242 e. The largest absolute Gasteiger partial charge is 0.302 e. The van der Waals surface area contributed by atoms with E-state index in [0.29, 0.717) is 37.8 Å². The highest BCUT2D eigenvalue weighted by Crippen LogP contribution is 2.34. The van der Waals surface area contributed by atoms with E-state index in [9.17, 15) is 8.42 Å². The van der Waals surface area contributed by atoms with E-state index >= 15 is 0 Å². The van der Waals surface area contributed by atoms with E-state index in [1.165, 1.54) is 18.2 Å². The van der Waals surface area contributed by atoms with E-state index < -0.39 is 16.1 Å². The maximum Gasteiger partial charge on any atom is 0.242 e. The second-order valence-corrected chi connectivity index (χ2v) is 11.1. The first-order valence-electron chi connectivity index (χ1n) is 9.64. The third kappa shape index (κ3) is 5.60. The van der Waals surface area contributed by atoms with Crippen molar-refractivity contribution in [1.82, 2.24) is 10.1 Å². The minimum Gasteiger partial charge on any atom is -0.302 e. The molecule has 33 heavy (non-hydrogen) atoms. The number of hydrogen-bond donors (Lipinski definition) is 2. The van der Waals surface area contributed by atoms with Gasteiger partial charge in [0.15, 0.2) is 0 Å². The van der Waals surface area contributed by atoms with Crippen molar-refractivity contribution in [3.63, 3.8) is 0 Å². The Balaban J connectivity index is 1.69. The molecule has 11 heteroatoms. The van der Waals surface area contributed by atoms with E-state index in [2.05, 4.69) is 15.2 Å². The number of hydrogen-bond acceptors (Lipinski definition) is 4. The van der Waals surface area contributed by atoms with Gasteiger partial charge in [-0.1, -0.05) is 76.2 Å². The van der Waals surface area contributed by atoms with Crippen molar-refractivity contribution in [3.8, 4) is 0 Å². The highest BCUT2D eigenvalue weighted by Gasteiger charge is 2.33. The molecule has 0 bridgehead atoms. The zero-order valence-electron chi connectivity index (χ0n) is 16.7. The summed E-state index contributed by atoms with van der Waals surface area (Å²) >= 11 is 30.6. The lowest BCUT2D eigenvalue weighted by Gasteiger charge is -2.21. The van der Waals surface area contributed by atoms with Gasteiger partial charge >= 0.3 is 0 Å². The van der Waals surface area contributed by atoms with Crippen molar-refractivity contribution >= 4 is 73.7 Å². The Morgan fingerprint density at radius 2 is 1.45 bits per heavy atom. The van der Waals surface area contributed by atoms with Crippen LogP contribution >= 0.6 is 58.0 Å². The molecule has 0 amide bonds. The zero-order valence-corrected chi connectivity index (χ0v) is 21.3. The van der Waals surface area contributed by atoms with E-state index in [1.54, 1.807) is 30.3 Å². The fourth-order valence-electron chi connectivity index (χ4n) is 3.49. The minimum absolute atomic E-state index is 0.00137. The van der Waals surface area contributed by atoms with Gasteiger partial charge in [0.05, 0.1) is 22.8 Å². The summed E-state index contributed by atoms with van der Waals surface area (Å²) in [6.45, 7) is 0. The van der Waals surface area contributed by atoms with Crippen LogP contribution in [0.5, 0.6) is 0 Å². The first-order valence-corrected chi connectivity index (χ1v) is 13.0. The molecule has 0 aromatic heterocycles. The van der Waals surface area contributed by atoms with Gasteiger partial charge in [0.2, 0.25) is 10.0 Å². The van der Waals surface area contributed by atoms with Gasteiger partial charge in [-0.25, -0.2) is 8.42 Å². The van der Waals surface area contributed by atoms with Gasteiger partial charge in [0.25, 0.3) is 0 Å². The van der Waals surface area contributed by atoms with Crippen LogP contribution in [-0.4, -0.2) is 14.1 Å². The van der Waals surface area contributed by atoms with E-state index in [-0.39, 0.29) is 16.0 Å². The molecule has 0 aliphatic carbocycles. The quantitative estimate of drug-likeness (QED) is 0.337. The van der Waals surface area contributed by atoms with Gasteiger partial charge in [-0.05, 0) is 53.6 Å². The maximum atomic E-state index is 13.3. The topological polar surface area (TPSA) is 70.6 Å². The molecule has 1 heterocycles. The second-order valence-electron chi connectivity index (χ2n) is 7.34. The molecule has 3 aromatic carbocycles. The molecule has 5 nitrogen and oxygen atoms in total. The number of nitrogens with zero attached hydrogens (tertiary/aromatic N) is 1. The lowest BCUT2D eigenvalue weighted by atomic mass is 9.96. The molecule has 1 aliphatic heterocycles. The molecule has 172 valence electrons. The van der Waals surface area contributed by atoms with Crippen LogP contribution in [0.15, 0.2) is 70.7 Å². The highest BCUT2D eigenvalue weighted by atomic mass is 35.5. The molecular weight excluding hydrogens is 548 g/mol. The van der Waals surface area contributed by atoms with E-state index in [0.717, 1.165) is 5.56 Å². The van der Waals surface area contributed by atoms with Crippen molar-refractivity contribution in [1.29, 1.82) is 0 Å². The number of sulfonamides is 1. The summed E-state index contributed by atoms with van der Waals surface area (Å²) in [4.78, 5) is -0.107. The summed E-state index contributed by atoms with van der Waals surface area (Å²) in [5.74, 6) is 0.